The molecule has 0 aliphatic rings. The zero-order valence-corrected chi connectivity index (χ0v) is 14.0. The fourth-order valence-corrected chi connectivity index (χ4v) is 2.74. The number of nitrogens with zero attached hydrogens (tertiary/aromatic N) is 2. The highest BCUT2D eigenvalue weighted by Gasteiger charge is 2.25. The zero-order valence-electron chi connectivity index (χ0n) is 14.0. The summed E-state index contributed by atoms with van der Waals surface area (Å²) in [5, 5.41) is 12.2. The van der Waals surface area contributed by atoms with Crippen LogP contribution in [0.2, 0.25) is 0 Å². The third kappa shape index (κ3) is 3.05. The number of nitrogens with one attached hydrogen (secondary N) is 1. The lowest BCUT2D eigenvalue weighted by Gasteiger charge is -2.24. The SMILES string of the molecule is CC(C)(C)n1c(NC(=O)c2c(O)cc(F)cc2F)nc2ccccc21. The number of imidazole rings is 1. The van der Waals surface area contributed by atoms with Gasteiger partial charge in [0.05, 0.1) is 11.0 Å². The largest absolute Gasteiger partial charge is 0.507 e. The molecule has 0 saturated heterocycles. The Hall–Kier alpha value is -2.96. The maximum atomic E-state index is 13.9. The Labute approximate surface area is 142 Å². The summed E-state index contributed by atoms with van der Waals surface area (Å²) in [6.07, 6.45) is 0. The molecule has 25 heavy (non-hydrogen) atoms. The van der Waals surface area contributed by atoms with Crippen LogP contribution in [0.5, 0.6) is 5.75 Å². The smallest absolute Gasteiger partial charge is 0.264 e. The van der Waals surface area contributed by atoms with Crippen molar-refractivity contribution in [3.8, 4) is 5.75 Å². The molecular weight excluding hydrogens is 328 g/mol. The molecule has 0 unspecified atom stereocenters. The average Bonchev–Trinajstić information content (AvgIpc) is 2.83. The first-order valence-electron chi connectivity index (χ1n) is 7.66. The highest BCUT2D eigenvalue weighted by atomic mass is 19.1. The van der Waals surface area contributed by atoms with Crippen LogP contribution in [0.4, 0.5) is 14.7 Å². The number of hydrogen-bond acceptors (Lipinski definition) is 3. The average molecular weight is 345 g/mol. The Morgan fingerprint density at radius 3 is 2.52 bits per heavy atom. The number of rotatable bonds is 2. The molecule has 3 rings (SSSR count). The van der Waals surface area contributed by atoms with E-state index in [1.54, 1.807) is 10.6 Å². The van der Waals surface area contributed by atoms with Crippen LogP contribution in [-0.2, 0) is 5.54 Å². The van der Waals surface area contributed by atoms with Gasteiger partial charge in [-0.3, -0.25) is 10.1 Å². The van der Waals surface area contributed by atoms with Gasteiger partial charge in [-0.15, -0.1) is 0 Å². The number of aromatic hydroxyl groups is 1. The van der Waals surface area contributed by atoms with E-state index in [9.17, 15) is 18.7 Å². The number of phenols is 1. The van der Waals surface area contributed by atoms with Gasteiger partial charge in [0.15, 0.2) is 0 Å². The second-order valence-corrected chi connectivity index (χ2v) is 6.67. The van der Waals surface area contributed by atoms with Crippen molar-refractivity contribution in [2.75, 3.05) is 5.32 Å². The summed E-state index contributed by atoms with van der Waals surface area (Å²) < 4.78 is 28.8. The first-order chi connectivity index (χ1) is 11.7. The van der Waals surface area contributed by atoms with E-state index in [0.29, 0.717) is 17.6 Å². The van der Waals surface area contributed by atoms with Crippen molar-refractivity contribution >= 4 is 22.9 Å². The van der Waals surface area contributed by atoms with Gasteiger partial charge in [-0.25, -0.2) is 13.8 Å². The van der Waals surface area contributed by atoms with Gasteiger partial charge in [-0.05, 0) is 32.9 Å². The summed E-state index contributed by atoms with van der Waals surface area (Å²) in [6, 6.07) is 8.55. The van der Waals surface area contributed by atoms with Gasteiger partial charge in [0, 0.05) is 17.7 Å². The molecule has 1 amide bonds. The van der Waals surface area contributed by atoms with Crippen molar-refractivity contribution in [2.24, 2.45) is 0 Å². The van der Waals surface area contributed by atoms with Gasteiger partial charge in [-0.1, -0.05) is 12.1 Å². The standard InChI is InChI=1S/C18H17F2N3O2/c1-18(2,3)23-13-7-5-4-6-12(13)21-17(23)22-16(25)15-11(20)8-10(19)9-14(15)24/h4-9,24H,1-3H3,(H,21,22,25). The summed E-state index contributed by atoms with van der Waals surface area (Å²) in [7, 11) is 0. The lowest BCUT2D eigenvalue weighted by molar-refractivity contribution is 0.101. The second kappa shape index (κ2) is 5.84. The molecule has 1 heterocycles. The molecule has 2 aromatic carbocycles. The summed E-state index contributed by atoms with van der Waals surface area (Å²) in [6.45, 7) is 5.81. The quantitative estimate of drug-likeness (QED) is 0.737. The molecule has 2 N–H and O–H groups in total. The van der Waals surface area contributed by atoms with Crippen molar-refractivity contribution < 1.29 is 18.7 Å². The third-order valence-corrected chi connectivity index (χ3v) is 3.72. The van der Waals surface area contributed by atoms with Crippen LogP contribution in [-0.4, -0.2) is 20.6 Å². The third-order valence-electron chi connectivity index (χ3n) is 3.72. The molecule has 7 heteroatoms. The highest BCUT2D eigenvalue weighted by Crippen LogP contribution is 2.29. The van der Waals surface area contributed by atoms with E-state index in [1.807, 2.05) is 39.0 Å². The van der Waals surface area contributed by atoms with Crippen LogP contribution in [0, 0.1) is 11.6 Å². The molecule has 0 atom stereocenters. The lowest BCUT2D eigenvalue weighted by Crippen LogP contribution is -2.26. The maximum absolute atomic E-state index is 13.9. The first kappa shape index (κ1) is 16.9. The van der Waals surface area contributed by atoms with Crippen molar-refractivity contribution in [3.63, 3.8) is 0 Å². The van der Waals surface area contributed by atoms with Crippen molar-refractivity contribution in [3.05, 3.63) is 53.6 Å². The number of hydrogen-bond donors (Lipinski definition) is 2. The van der Waals surface area contributed by atoms with Crippen molar-refractivity contribution in [2.45, 2.75) is 26.3 Å². The maximum Gasteiger partial charge on any atom is 0.264 e. The number of amides is 1. The minimum Gasteiger partial charge on any atom is -0.507 e. The minimum absolute atomic E-state index is 0.210. The Bertz CT molecular complexity index is 951. The summed E-state index contributed by atoms with van der Waals surface area (Å²) in [4.78, 5) is 16.8. The fraction of sp³-hybridized carbons (Fsp3) is 0.222. The van der Waals surface area contributed by atoms with Gasteiger partial charge < -0.3 is 9.67 Å². The predicted octanol–water partition coefficient (Wildman–Crippen LogP) is 4.03. The minimum atomic E-state index is -1.14. The molecule has 1 aromatic heterocycles. The van der Waals surface area contributed by atoms with Gasteiger partial charge in [-0.2, -0.15) is 0 Å². The highest BCUT2D eigenvalue weighted by molar-refractivity contribution is 6.06. The molecular formula is C18H17F2N3O2. The van der Waals surface area contributed by atoms with E-state index in [2.05, 4.69) is 10.3 Å². The summed E-state index contributed by atoms with van der Waals surface area (Å²) in [5.74, 6) is -3.58. The number of phenolic OH excluding ortho intramolecular Hbond substituents is 1. The zero-order chi connectivity index (χ0) is 18.4. The predicted molar refractivity (Wildman–Crippen MR) is 90.7 cm³/mol. The van der Waals surface area contributed by atoms with E-state index in [-0.39, 0.29) is 5.95 Å². The number of para-hydroxylation sites is 2. The van der Waals surface area contributed by atoms with Crippen LogP contribution in [0.25, 0.3) is 11.0 Å². The van der Waals surface area contributed by atoms with Crippen LogP contribution >= 0.6 is 0 Å². The van der Waals surface area contributed by atoms with E-state index < -0.39 is 34.4 Å². The molecule has 0 radical (unpaired) electrons. The Morgan fingerprint density at radius 1 is 1.20 bits per heavy atom. The van der Waals surface area contributed by atoms with E-state index in [1.165, 1.54) is 0 Å². The monoisotopic (exact) mass is 345 g/mol. The van der Waals surface area contributed by atoms with Gasteiger partial charge in [0.25, 0.3) is 5.91 Å². The van der Waals surface area contributed by atoms with Crippen LogP contribution < -0.4 is 5.32 Å². The normalized spacial score (nSPS) is 11.7. The van der Waals surface area contributed by atoms with E-state index in [4.69, 9.17) is 0 Å². The Kier molecular flexibility index (Phi) is 3.94. The molecule has 130 valence electrons. The second-order valence-electron chi connectivity index (χ2n) is 6.67. The topological polar surface area (TPSA) is 67.2 Å². The van der Waals surface area contributed by atoms with Crippen molar-refractivity contribution in [1.82, 2.24) is 9.55 Å². The molecule has 0 saturated carbocycles. The fourth-order valence-electron chi connectivity index (χ4n) is 2.74. The summed E-state index contributed by atoms with van der Waals surface area (Å²) in [5.41, 5.74) is 0.418. The molecule has 0 bridgehead atoms. The lowest BCUT2D eigenvalue weighted by atomic mass is 10.1. The molecule has 0 spiro atoms. The van der Waals surface area contributed by atoms with Crippen LogP contribution in [0.15, 0.2) is 36.4 Å². The van der Waals surface area contributed by atoms with E-state index in [0.717, 1.165) is 5.52 Å². The van der Waals surface area contributed by atoms with Gasteiger partial charge in [0.1, 0.15) is 22.9 Å². The number of benzene rings is 2. The van der Waals surface area contributed by atoms with E-state index >= 15 is 0 Å². The van der Waals surface area contributed by atoms with Crippen molar-refractivity contribution in [1.29, 1.82) is 0 Å². The number of anilines is 1. The van der Waals surface area contributed by atoms with Crippen LogP contribution in [0.1, 0.15) is 31.1 Å². The number of carbonyl (C=O) groups is 1. The van der Waals surface area contributed by atoms with Gasteiger partial charge >= 0.3 is 0 Å². The number of halogens is 2. The number of carbonyl (C=O) groups excluding carboxylic acids is 1. The van der Waals surface area contributed by atoms with Crippen LogP contribution in [0.3, 0.4) is 0 Å². The first-order valence-corrected chi connectivity index (χ1v) is 7.66. The number of fused-ring (bicyclic) bond motifs is 1. The Balaban J connectivity index is 2.08. The molecule has 5 nitrogen and oxygen atoms in total. The molecule has 0 aliphatic carbocycles. The van der Waals surface area contributed by atoms with Gasteiger partial charge in [0.2, 0.25) is 5.95 Å². The summed E-state index contributed by atoms with van der Waals surface area (Å²) >= 11 is 0. The Morgan fingerprint density at radius 2 is 1.88 bits per heavy atom. The number of aromatic nitrogens is 2. The molecule has 3 aromatic rings. The molecule has 0 aliphatic heterocycles. The molecule has 0 fully saturated rings.